The van der Waals surface area contributed by atoms with Crippen molar-refractivity contribution in [1.82, 2.24) is 4.98 Å². The number of carbonyl (C=O) groups excluding carboxylic acids is 2. The molecule has 19 heavy (non-hydrogen) atoms. The Bertz CT molecular complexity index is 621. The summed E-state index contributed by atoms with van der Waals surface area (Å²) in [6.45, 7) is 1.49. The number of hydrogen-bond donors (Lipinski definition) is 1. The summed E-state index contributed by atoms with van der Waals surface area (Å²) in [7, 11) is 0. The van der Waals surface area contributed by atoms with Crippen molar-refractivity contribution in [1.29, 1.82) is 0 Å². The van der Waals surface area contributed by atoms with E-state index in [9.17, 15) is 9.59 Å². The number of hydrogen-bond acceptors (Lipinski definition) is 4. The van der Waals surface area contributed by atoms with Gasteiger partial charge in [0.1, 0.15) is 17.1 Å². The van der Waals surface area contributed by atoms with E-state index in [0.29, 0.717) is 17.1 Å². The number of amides is 1. The molecule has 1 heterocycles. The van der Waals surface area contributed by atoms with E-state index in [2.05, 4.69) is 4.98 Å². The van der Waals surface area contributed by atoms with Gasteiger partial charge in [-0.1, -0.05) is 0 Å². The van der Waals surface area contributed by atoms with E-state index in [4.69, 9.17) is 10.5 Å². The van der Waals surface area contributed by atoms with Crippen molar-refractivity contribution < 1.29 is 14.3 Å². The largest absolute Gasteiger partial charge is 0.456 e. The Morgan fingerprint density at radius 3 is 2.42 bits per heavy atom. The van der Waals surface area contributed by atoms with Gasteiger partial charge >= 0.3 is 0 Å². The number of pyridine rings is 1. The van der Waals surface area contributed by atoms with E-state index in [1.807, 2.05) is 0 Å². The molecule has 0 aliphatic heterocycles. The van der Waals surface area contributed by atoms with Gasteiger partial charge in [0.05, 0.1) is 0 Å². The molecule has 0 saturated heterocycles. The van der Waals surface area contributed by atoms with Crippen LogP contribution in [0.5, 0.6) is 11.5 Å². The van der Waals surface area contributed by atoms with E-state index in [0.717, 1.165) is 0 Å². The fraction of sp³-hybridized carbons (Fsp3) is 0.0714. The van der Waals surface area contributed by atoms with Gasteiger partial charge in [0.25, 0.3) is 5.91 Å². The second-order valence-electron chi connectivity index (χ2n) is 3.92. The van der Waals surface area contributed by atoms with Gasteiger partial charge in [-0.2, -0.15) is 0 Å². The van der Waals surface area contributed by atoms with Crippen LogP contribution in [0.15, 0.2) is 42.7 Å². The lowest BCUT2D eigenvalue weighted by molar-refractivity contribution is 0.0994. The summed E-state index contributed by atoms with van der Waals surface area (Å²) < 4.78 is 5.55. The van der Waals surface area contributed by atoms with Crippen LogP contribution in [0.3, 0.4) is 0 Å². The molecule has 0 atom stereocenters. The van der Waals surface area contributed by atoms with Crippen LogP contribution in [0.25, 0.3) is 0 Å². The summed E-state index contributed by atoms with van der Waals surface area (Å²) in [5, 5.41) is 0. The van der Waals surface area contributed by atoms with E-state index in [1.165, 1.54) is 19.3 Å². The van der Waals surface area contributed by atoms with Gasteiger partial charge in [0.2, 0.25) is 0 Å². The smallest absolute Gasteiger partial charge is 0.254 e. The van der Waals surface area contributed by atoms with Crippen molar-refractivity contribution in [2.45, 2.75) is 6.92 Å². The van der Waals surface area contributed by atoms with Gasteiger partial charge in [-0.3, -0.25) is 14.6 Å². The average Bonchev–Trinajstić information content (AvgIpc) is 2.39. The number of rotatable bonds is 4. The summed E-state index contributed by atoms with van der Waals surface area (Å²) in [4.78, 5) is 26.2. The van der Waals surface area contributed by atoms with Gasteiger partial charge in [0.15, 0.2) is 5.78 Å². The molecule has 0 fully saturated rings. The maximum absolute atomic E-state index is 11.2. The lowest BCUT2D eigenvalue weighted by Crippen LogP contribution is -2.12. The molecule has 1 aromatic carbocycles. The van der Waals surface area contributed by atoms with Crippen LogP contribution in [-0.4, -0.2) is 16.7 Å². The summed E-state index contributed by atoms with van der Waals surface area (Å²) in [5.74, 6) is 0.216. The lowest BCUT2D eigenvalue weighted by Gasteiger charge is -2.08. The minimum Gasteiger partial charge on any atom is -0.456 e. The average molecular weight is 256 g/mol. The van der Waals surface area contributed by atoms with Crippen molar-refractivity contribution in [2.75, 3.05) is 0 Å². The molecular weight excluding hydrogens is 244 g/mol. The predicted octanol–water partition coefficient (Wildman–Crippen LogP) is 2.18. The van der Waals surface area contributed by atoms with Crippen molar-refractivity contribution in [3.8, 4) is 11.5 Å². The highest BCUT2D eigenvalue weighted by Crippen LogP contribution is 2.24. The fourth-order valence-electron chi connectivity index (χ4n) is 1.54. The number of benzene rings is 1. The fourth-order valence-corrected chi connectivity index (χ4v) is 1.54. The number of Topliss-reactive ketones (excluding diaryl/α,β-unsaturated/α-hetero) is 1. The third-order valence-electron chi connectivity index (χ3n) is 2.54. The molecule has 0 bridgehead atoms. The highest BCUT2D eigenvalue weighted by molar-refractivity contribution is 5.95. The summed E-state index contributed by atoms with van der Waals surface area (Å²) in [6, 6.07) is 8.18. The van der Waals surface area contributed by atoms with Gasteiger partial charge < -0.3 is 10.5 Å². The SMILES string of the molecule is CC(=O)c1ccc(Oc2ccncc2C(N)=O)cc1. The molecule has 0 aliphatic rings. The second kappa shape index (κ2) is 5.30. The Labute approximate surface area is 110 Å². The molecule has 0 saturated carbocycles. The molecule has 0 spiro atoms. The molecule has 96 valence electrons. The zero-order valence-electron chi connectivity index (χ0n) is 10.3. The number of nitrogens with two attached hydrogens (primary N) is 1. The number of carbonyl (C=O) groups is 2. The van der Waals surface area contributed by atoms with Gasteiger partial charge in [-0.05, 0) is 37.3 Å². The first-order valence-electron chi connectivity index (χ1n) is 5.60. The third-order valence-corrected chi connectivity index (χ3v) is 2.54. The zero-order valence-corrected chi connectivity index (χ0v) is 10.3. The van der Waals surface area contributed by atoms with E-state index >= 15 is 0 Å². The molecule has 0 radical (unpaired) electrons. The summed E-state index contributed by atoms with van der Waals surface area (Å²) in [6.07, 6.45) is 2.85. The molecule has 0 unspecified atom stereocenters. The third kappa shape index (κ3) is 2.95. The van der Waals surface area contributed by atoms with Crippen molar-refractivity contribution in [3.05, 3.63) is 53.9 Å². The van der Waals surface area contributed by atoms with Crippen LogP contribution in [0.2, 0.25) is 0 Å². The Balaban J connectivity index is 2.26. The monoisotopic (exact) mass is 256 g/mol. The summed E-state index contributed by atoms with van der Waals surface area (Å²) >= 11 is 0. The number of nitrogens with zero attached hydrogens (tertiary/aromatic N) is 1. The van der Waals surface area contributed by atoms with Crippen LogP contribution >= 0.6 is 0 Å². The quantitative estimate of drug-likeness (QED) is 0.850. The predicted molar refractivity (Wildman–Crippen MR) is 69.3 cm³/mol. The Morgan fingerprint density at radius 2 is 1.84 bits per heavy atom. The Kier molecular flexibility index (Phi) is 3.56. The first kappa shape index (κ1) is 12.8. The molecule has 2 aromatic rings. The summed E-state index contributed by atoms with van der Waals surface area (Å²) in [5.41, 5.74) is 6.03. The van der Waals surface area contributed by atoms with Gasteiger partial charge in [-0.25, -0.2) is 0 Å². The van der Waals surface area contributed by atoms with Crippen LogP contribution in [0, 0.1) is 0 Å². The number of primary amides is 1. The van der Waals surface area contributed by atoms with Crippen LogP contribution in [-0.2, 0) is 0 Å². The highest BCUT2D eigenvalue weighted by Gasteiger charge is 2.10. The minimum absolute atomic E-state index is 0.0201. The topological polar surface area (TPSA) is 82.3 Å². The van der Waals surface area contributed by atoms with Gasteiger partial charge in [-0.15, -0.1) is 0 Å². The Hall–Kier alpha value is -2.69. The highest BCUT2D eigenvalue weighted by atomic mass is 16.5. The molecular formula is C14H12N2O3. The van der Waals surface area contributed by atoms with Crippen molar-refractivity contribution in [3.63, 3.8) is 0 Å². The normalized spacial score (nSPS) is 9.95. The minimum atomic E-state index is -0.608. The van der Waals surface area contributed by atoms with Crippen LogP contribution in [0.1, 0.15) is 27.6 Å². The number of ketones is 1. The van der Waals surface area contributed by atoms with Gasteiger partial charge in [0, 0.05) is 18.0 Å². The lowest BCUT2D eigenvalue weighted by atomic mass is 10.1. The van der Waals surface area contributed by atoms with Crippen LogP contribution < -0.4 is 10.5 Å². The van der Waals surface area contributed by atoms with Crippen molar-refractivity contribution in [2.24, 2.45) is 5.73 Å². The Morgan fingerprint density at radius 1 is 1.16 bits per heavy atom. The molecule has 1 aromatic heterocycles. The van der Waals surface area contributed by atoms with Crippen LogP contribution in [0.4, 0.5) is 0 Å². The molecule has 2 rings (SSSR count). The maximum Gasteiger partial charge on any atom is 0.254 e. The number of aromatic nitrogens is 1. The number of ether oxygens (including phenoxy) is 1. The zero-order chi connectivity index (χ0) is 13.8. The first-order valence-corrected chi connectivity index (χ1v) is 5.60. The van der Waals surface area contributed by atoms with E-state index in [1.54, 1.807) is 30.3 Å². The van der Waals surface area contributed by atoms with E-state index in [-0.39, 0.29) is 11.3 Å². The molecule has 0 aliphatic carbocycles. The molecule has 1 amide bonds. The second-order valence-corrected chi connectivity index (χ2v) is 3.92. The van der Waals surface area contributed by atoms with Crippen molar-refractivity contribution >= 4 is 11.7 Å². The maximum atomic E-state index is 11.2. The first-order chi connectivity index (χ1) is 9.08. The standard InChI is InChI=1S/C14H12N2O3/c1-9(17)10-2-4-11(5-3-10)19-13-6-7-16-8-12(13)14(15)18/h2-8H,1H3,(H2,15,18). The molecule has 5 nitrogen and oxygen atoms in total. The van der Waals surface area contributed by atoms with E-state index < -0.39 is 5.91 Å². The molecule has 5 heteroatoms. The molecule has 2 N–H and O–H groups in total.